The molecule has 7 nitrogen and oxygen atoms in total. The summed E-state index contributed by atoms with van der Waals surface area (Å²) in [4.78, 5) is 8.98. The average molecular weight is 324 g/mol. The van der Waals surface area contributed by atoms with E-state index in [1.807, 2.05) is 32.0 Å². The molecule has 24 heavy (non-hydrogen) atoms. The molecule has 0 saturated heterocycles. The highest BCUT2D eigenvalue weighted by molar-refractivity contribution is 5.92. The molecule has 3 aromatic heterocycles. The van der Waals surface area contributed by atoms with Crippen LogP contribution in [-0.4, -0.2) is 33.8 Å². The first-order valence-corrected chi connectivity index (χ1v) is 7.46. The van der Waals surface area contributed by atoms with E-state index in [-0.39, 0.29) is 0 Å². The Morgan fingerprint density at radius 3 is 2.62 bits per heavy atom. The molecule has 0 saturated carbocycles. The third kappa shape index (κ3) is 2.01. The van der Waals surface area contributed by atoms with Gasteiger partial charge in [-0.05, 0) is 32.0 Å². The second-order valence-electron chi connectivity index (χ2n) is 5.48. The summed E-state index contributed by atoms with van der Waals surface area (Å²) in [5.74, 6) is 2.72. The van der Waals surface area contributed by atoms with Gasteiger partial charge in [-0.25, -0.2) is 14.5 Å². The van der Waals surface area contributed by atoms with Crippen molar-refractivity contribution in [3.63, 3.8) is 0 Å². The van der Waals surface area contributed by atoms with Gasteiger partial charge in [-0.2, -0.15) is 0 Å². The number of hydrogen-bond donors (Lipinski definition) is 0. The van der Waals surface area contributed by atoms with E-state index < -0.39 is 0 Å². The zero-order valence-electron chi connectivity index (χ0n) is 13.8. The van der Waals surface area contributed by atoms with Crippen LogP contribution in [-0.2, 0) is 0 Å². The van der Waals surface area contributed by atoms with Gasteiger partial charge >= 0.3 is 0 Å². The maximum Gasteiger partial charge on any atom is 0.231 e. The maximum atomic E-state index is 5.66. The first kappa shape index (κ1) is 14.5. The Bertz CT molecular complexity index is 1060. The van der Waals surface area contributed by atoms with Gasteiger partial charge in [0.05, 0.1) is 19.6 Å². The summed E-state index contributed by atoms with van der Waals surface area (Å²) in [5, 5.41) is 5.40. The molecular formula is C17H16N4O3. The molecule has 7 heteroatoms. The molecule has 0 spiro atoms. The lowest BCUT2D eigenvalue weighted by Crippen LogP contribution is -1.92. The number of hydrogen-bond acceptors (Lipinski definition) is 6. The fraction of sp³-hybridized carbons (Fsp3) is 0.235. The van der Waals surface area contributed by atoms with E-state index in [4.69, 9.17) is 13.9 Å². The summed E-state index contributed by atoms with van der Waals surface area (Å²) in [5.41, 5.74) is 3.15. The van der Waals surface area contributed by atoms with Crippen LogP contribution in [0.1, 0.15) is 11.3 Å². The quantitative estimate of drug-likeness (QED) is 0.576. The smallest absolute Gasteiger partial charge is 0.231 e. The number of furan rings is 1. The SMILES string of the molecule is COc1ccc(-c2nc3c4c(C)c(C)oc4ncn3n2)cc1OC. The van der Waals surface area contributed by atoms with Gasteiger partial charge in [-0.3, -0.25) is 0 Å². The number of nitrogens with zero attached hydrogens (tertiary/aromatic N) is 4. The highest BCUT2D eigenvalue weighted by Gasteiger charge is 2.17. The van der Waals surface area contributed by atoms with Crippen LogP contribution < -0.4 is 9.47 Å². The normalized spacial score (nSPS) is 11.3. The van der Waals surface area contributed by atoms with Crippen LogP contribution in [0.4, 0.5) is 0 Å². The molecule has 0 atom stereocenters. The van der Waals surface area contributed by atoms with Gasteiger partial charge in [0.25, 0.3) is 0 Å². The zero-order chi connectivity index (χ0) is 16.8. The second-order valence-corrected chi connectivity index (χ2v) is 5.48. The fourth-order valence-electron chi connectivity index (χ4n) is 2.74. The van der Waals surface area contributed by atoms with Gasteiger partial charge in [-0.1, -0.05) is 0 Å². The Kier molecular flexibility index (Phi) is 3.16. The predicted molar refractivity (Wildman–Crippen MR) is 88.6 cm³/mol. The van der Waals surface area contributed by atoms with Crippen molar-refractivity contribution in [3.05, 3.63) is 35.9 Å². The molecule has 1 aromatic carbocycles. The molecule has 0 radical (unpaired) electrons. The number of ether oxygens (including phenoxy) is 2. The van der Waals surface area contributed by atoms with Crippen LogP contribution in [0, 0.1) is 13.8 Å². The first-order chi connectivity index (χ1) is 11.6. The highest BCUT2D eigenvalue weighted by Crippen LogP contribution is 2.32. The average Bonchev–Trinajstić information content (AvgIpc) is 3.15. The third-order valence-electron chi connectivity index (χ3n) is 4.15. The van der Waals surface area contributed by atoms with E-state index in [2.05, 4.69) is 15.1 Å². The van der Waals surface area contributed by atoms with Gasteiger partial charge < -0.3 is 13.9 Å². The number of fused-ring (bicyclic) bond motifs is 3. The Morgan fingerprint density at radius 2 is 1.88 bits per heavy atom. The summed E-state index contributed by atoms with van der Waals surface area (Å²) in [6.45, 7) is 3.91. The number of aryl methyl sites for hydroxylation is 2. The van der Waals surface area contributed by atoms with Crippen molar-refractivity contribution in [2.24, 2.45) is 0 Å². The van der Waals surface area contributed by atoms with Gasteiger partial charge in [-0.15, -0.1) is 5.10 Å². The van der Waals surface area contributed by atoms with Crippen molar-refractivity contribution in [2.45, 2.75) is 13.8 Å². The summed E-state index contributed by atoms with van der Waals surface area (Å²) in [7, 11) is 3.21. The number of benzene rings is 1. The van der Waals surface area contributed by atoms with E-state index in [1.165, 1.54) is 0 Å². The topological polar surface area (TPSA) is 74.7 Å². The predicted octanol–water partition coefficient (Wildman–Crippen LogP) is 3.17. The summed E-state index contributed by atoms with van der Waals surface area (Å²) < 4.78 is 17.9. The number of aromatic nitrogens is 4. The first-order valence-electron chi connectivity index (χ1n) is 7.46. The van der Waals surface area contributed by atoms with Crippen molar-refractivity contribution in [1.82, 2.24) is 19.6 Å². The minimum atomic E-state index is 0.573. The van der Waals surface area contributed by atoms with E-state index in [1.54, 1.807) is 25.1 Å². The van der Waals surface area contributed by atoms with Crippen molar-refractivity contribution in [3.8, 4) is 22.9 Å². The maximum absolute atomic E-state index is 5.66. The van der Waals surface area contributed by atoms with Crippen LogP contribution in [0.25, 0.3) is 28.1 Å². The van der Waals surface area contributed by atoms with Crippen molar-refractivity contribution < 1.29 is 13.9 Å². The third-order valence-corrected chi connectivity index (χ3v) is 4.15. The molecule has 0 aliphatic heterocycles. The zero-order valence-corrected chi connectivity index (χ0v) is 13.8. The summed E-state index contributed by atoms with van der Waals surface area (Å²) in [6.07, 6.45) is 1.61. The van der Waals surface area contributed by atoms with E-state index in [9.17, 15) is 0 Å². The van der Waals surface area contributed by atoms with Gasteiger partial charge in [0.15, 0.2) is 23.0 Å². The molecule has 0 N–H and O–H groups in total. The molecule has 4 aromatic rings. The minimum Gasteiger partial charge on any atom is -0.493 e. The number of methoxy groups -OCH3 is 2. The van der Waals surface area contributed by atoms with Crippen molar-refractivity contribution >= 4 is 16.7 Å². The van der Waals surface area contributed by atoms with Gasteiger partial charge in [0.2, 0.25) is 5.71 Å². The molecule has 0 amide bonds. The summed E-state index contributed by atoms with van der Waals surface area (Å²) >= 11 is 0. The Hall–Kier alpha value is -3.09. The molecule has 0 aliphatic carbocycles. The lowest BCUT2D eigenvalue weighted by atomic mass is 10.2. The van der Waals surface area contributed by atoms with Crippen LogP contribution in [0.15, 0.2) is 28.9 Å². The molecule has 0 bridgehead atoms. The standard InChI is InChI=1S/C17H16N4O3/c1-9-10(2)24-17-14(9)16-19-15(20-21(16)8-18-17)11-5-6-12(22-3)13(7-11)23-4/h5-8H,1-4H3. The number of rotatable bonds is 3. The van der Waals surface area contributed by atoms with E-state index in [0.29, 0.717) is 23.0 Å². The molecular weight excluding hydrogens is 308 g/mol. The molecule has 122 valence electrons. The van der Waals surface area contributed by atoms with E-state index in [0.717, 1.165) is 27.9 Å². The molecule has 0 unspecified atom stereocenters. The van der Waals surface area contributed by atoms with Crippen molar-refractivity contribution in [2.75, 3.05) is 14.2 Å². The Morgan fingerprint density at radius 1 is 1.08 bits per heavy atom. The lowest BCUT2D eigenvalue weighted by Gasteiger charge is -2.07. The minimum absolute atomic E-state index is 0.573. The van der Waals surface area contributed by atoms with Crippen LogP contribution in [0.3, 0.4) is 0 Å². The monoisotopic (exact) mass is 324 g/mol. The fourth-order valence-corrected chi connectivity index (χ4v) is 2.74. The lowest BCUT2D eigenvalue weighted by molar-refractivity contribution is 0.355. The Balaban J connectivity index is 1.93. The second kappa shape index (κ2) is 5.23. The highest BCUT2D eigenvalue weighted by atomic mass is 16.5. The molecule has 3 heterocycles. The van der Waals surface area contributed by atoms with Crippen LogP contribution >= 0.6 is 0 Å². The van der Waals surface area contributed by atoms with Gasteiger partial charge in [0, 0.05) is 11.1 Å². The summed E-state index contributed by atoms with van der Waals surface area (Å²) in [6, 6.07) is 5.58. The Labute approximate surface area is 137 Å². The van der Waals surface area contributed by atoms with Crippen LogP contribution in [0.5, 0.6) is 11.5 Å². The van der Waals surface area contributed by atoms with Gasteiger partial charge in [0.1, 0.15) is 12.1 Å². The molecule has 0 aliphatic rings. The largest absolute Gasteiger partial charge is 0.493 e. The van der Waals surface area contributed by atoms with E-state index >= 15 is 0 Å². The van der Waals surface area contributed by atoms with Crippen LogP contribution in [0.2, 0.25) is 0 Å². The molecule has 4 rings (SSSR count). The van der Waals surface area contributed by atoms with Crippen molar-refractivity contribution in [1.29, 1.82) is 0 Å². The molecule has 0 fully saturated rings.